The van der Waals surface area contributed by atoms with E-state index in [9.17, 15) is 14.8 Å². The monoisotopic (exact) mass is 313 g/mol. The predicted octanol–water partition coefficient (Wildman–Crippen LogP) is 3.34. The molecule has 1 N–H and O–H groups in total. The molecule has 22 heavy (non-hydrogen) atoms. The highest BCUT2D eigenvalue weighted by molar-refractivity contribution is 5.83. The molecule has 5 nitrogen and oxygen atoms in total. The molecule has 1 unspecified atom stereocenters. The number of unbranched alkanes of at least 4 members (excludes halogenated alkanes) is 3. The first-order valence-corrected chi connectivity index (χ1v) is 8.30. The summed E-state index contributed by atoms with van der Waals surface area (Å²) in [6, 6.07) is 0. The molecule has 1 aliphatic rings. The molecule has 1 fully saturated rings. The molecule has 1 rings (SSSR count). The third-order valence-corrected chi connectivity index (χ3v) is 4.64. The molecule has 0 saturated carbocycles. The maximum Gasteiger partial charge on any atom is 0.311 e. The van der Waals surface area contributed by atoms with Crippen molar-refractivity contribution in [2.45, 2.75) is 84.2 Å². The number of esters is 1. The molecule has 0 aromatic carbocycles. The van der Waals surface area contributed by atoms with Crippen LogP contribution in [0.15, 0.2) is 0 Å². The standard InChI is InChI=1S/C17H31NO4/c1-6-7-8-9-10-13(19)12-22-15(20)14-11-16(2,3)18(21)17(14,4)5/h14,21H,6-12H2,1-5H3. The molecule has 1 heterocycles. The lowest BCUT2D eigenvalue weighted by Crippen LogP contribution is -2.48. The number of Topliss-reactive ketones (excluding diaryl/α,β-unsaturated/α-hetero) is 1. The van der Waals surface area contributed by atoms with Gasteiger partial charge in [0.15, 0.2) is 5.78 Å². The van der Waals surface area contributed by atoms with E-state index >= 15 is 0 Å². The van der Waals surface area contributed by atoms with E-state index in [0.717, 1.165) is 25.7 Å². The average Bonchev–Trinajstić information content (AvgIpc) is 2.61. The Kier molecular flexibility index (Phi) is 6.56. The van der Waals surface area contributed by atoms with Gasteiger partial charge >= 0.3 is 5.97 Å². The Morgan fingerprint density at radius 2 is 1.82 bits per heavy atom. The molecule has 0 amide bonds. The van der Waals surface area contributed by atoms with E-state index in [4.69, 9.17) is 4.74 Å². The SMILES string of the molecule is CCCCCCC(=O)COC(=O)C1CC(C)(C)N(O)C1(C)C. The van der Waals surface area contributed by atoms with Gasteiger partial charge in [0.05, 0.1) is 11.5 Å². The Bertz CT molecular complexity index is 403. The zero-order valence-corrected chi connectivity index (χ0v) is 14.6. The van der Waals surface area contributed by atoms with Crippen molar-refractivity contribution in [1.29, 1.82) is 0 Å². The van der Waals surface area contributed by atoms with Gasteiger partial charge in [0.1, 0.15) is 6.61 Å². The Morgan fingerprint density at radius 1 is 1.18 bits per heavy atom. The van der Waals surface area contributed by atoms with Crippen LogP contribution >= 0.6 is 0 Å². The van der Waals surface area contributed by atoms with E-state index in [1.165, 1.54) is 5.06 Å². The minimum atomic E-state index is -0.690. The van der Waals surface area contributed by atoms with Gasteiger partial charge in [-0.2, -0.15) is 5.06 Å². The Labute approximate surface area is 134 Å². The van der Waals surface area contributed by atoms with Crippen molar-refractivity contribution in [3.05, 3.63) is 0 Å². The second-order valence-electron chi connectivity index (χ2n) is 7.49. The highest BCUT2D eigenvalue weighted by atomic mass is 16.5. The first-order valence-electron chi connectivity index (χ1n) is 8.30. The number of ketones is 1. The van der Waals surface area contributed by atoms with Crippen LogP contribution in [0.4, 0.5) is 0 Å². The Hall–Kier alpha value is -0.940. The number of hydrogen-bond donors (Lipinski definition) is 1. The quantitative estimate of drug-likeness (QED) is 0.550. The molecule has 0 bridgehead atoms. The summed E-state index contributed by atoms with van der Waals surface area (Å²) in [5.74, 6) is -0.850. The van der Waals surface area contributed by atoms with Gasteiger partial charge in [-0.15, -0.1) is 0 Å². The van der Waals surface area contributed by atoms with Crippen molar-refractivity contribution in [2.75, 3.05) is 6.61 Å². The lowest BCUT2D eigenvalue weighted by atomic mass is 9.87. The van der Waals surface area contributed by atoms with Gasteiger partial charge in [0.25, 0.3) is 0 Å². The summed E-state index contributed by atoms with van der Waals surface area (Å²) in [6.07, 6.45) is 5.15. The maximum absolute atomic E-state index is 12.3. The number of carbonyl (C=O) groups excluding carboxylic acids is 2. The normalized spacial score (nSPS) is 23.5. The predicted molar refractivity (Wildman–Crippen MR) is 84.6 cm³/mol. The van der Waals surface area contributed by atoms with Crippen molar-refractivity contribution in [3.8, 4) is 0 Å². The number of nitrogens with zero attached hydrogens (tertiary/aromatic N) is 1. The summed E-state index contributed by atoms with van der Waals surface area (Å²) in [6.45, 7) is 9.39. The van der Waals surface area contributed by atoms with E-state index in [2.05, 4.69) is 6.92 Å². The van der Waals surface area contributed by atoms with Crippen LogP contribution < -0.4 is 0 Å². The molecule has 128 valence electrons. The molecule has 0 aromatic heterocycles. The lowest BCUT2D eigenvalue weighted by Gasteiger charge is -2.35. The molecule has 0 aliphatic carbocycles. The fourth-order valence-corrected chi connectivity index (χ4v) is 3.21. The zero-order valence-electron chi connectivity index (χ0n) is 14.6. The van der Waals surface area contributed by atoms with Gasteiger partial charge in [-0.1, -0.05) is 26.2 Å². The van der Waals surface area contributed by atoms with Crippen LogP contribution in [-0.4, -0.2) is 39.7 Å². The van der Waals surface area contributed by atoms with Crippen LogP contribution in [0.1, 0.15) is 73.1 Å². The molecule has 1 aliphatic heterocycles. The average molecular weight is 313 g/mol. The van der Waals surface area contributed by atoms with Crippen LogP contribution in [0.25, 0.3) is 0 Å². The fraction of sp³-hybridized carbons (Fsp3) is 0.882. The smallest absolute Gasteiger partial charge is 0.311 e. The summed E-state index contributed by atoms with van der Waals surface area (Å²) in [5.41, 5.74) is -1.16. The van der Waals surface area contributed by atoms with E-state index in [1.807, 2.05) is 27.7 Å². The van der Waals surface area contributed by atoms with Crippen LogP contribution in [-0.2, 0) is 14.3 Å². The van der Waals surface area contributed by atoms with Crippen molar-refractivity contribution in [2.24, 2.45) is 5.92 Å². The van der Waals surface area contributed by atoms with Crippen molar-refractivity contribution in [1.82, 2.24) is 5.06 Å². The van der Waals surface area contributed by atoms with Gasteiger partial charge in [-0.05, 0) is 40.5 Å². The van der Waals surface area contributed by atoms with Gasteiger partial charge in [-0.25, -0.2) is 0 Å². The number of ether oxygens (including phenoxy) is 1. The molecule has 0 aromatic rings. The van der Waals surface area contributed by atoms with Crippen molar-refractivity contribution < 1.29 is 19.5 Å². The largest absolute Gasteiger partial charge is 0.457 e. The second-order valence-corrected chi connectivity index (χ2v) is 7.49. The van der Waals surface area contributed by atoms with Gasteiger partial charge < -0.3 is 9.94 Å². The second kappa shape index (κ2) is 7.55. The number of rotatable bonds is 8. The molecule has 5 heteroatoms. The van der Waals surface area contributed by atoms with Crippen LogP contribution in [0.2, 0.25) is 0 Å². The molecule has 1 saturated heterocycles. The van der Waals surface area contributed by atoms with Gasteiger partial charge in [0, 0.05) is 12.0 Å². The lowest BCUT2D eigenvalue weighted by molar-refractivity contribution is -0.200. The summed E-state index contributed by atoms with van der Waals surface area (Å²) < 4.78 is 5.20. The molecule has 0 radical (unpaired) electrons. The van der Waals surface area contributed by atoms with Crippen molar-refractivity contribution in [3.63, 3.8) is 0 Å². The summed E-state index contributed by atoms with van der Waals surface area (Å²) >= 11 is 0. The molecule has 0 spiro atoms. The topological polar surface area (TPSA) is 66.8 Å². The molecule has 1 atom stereocenters. The summed E-state index contributed by atoms with van der Waals surface area (Å²) in [7, 11) is 0. The first kappa shape index (κ1) is 19.1. The zero-order chi connectivity index (χ0) is 17.0. The molecular weight excluding hydrogens is 282 g/mol. The van der Waals surface area contributed by atoms with Crippen LogP contribution in [0.5, 0.6) is 0 Å². The third kappa shape index (κ3) is 4.53. The number of hydrogen-bond acceptors (Lipinski definition) is 5. The van der Waals surface area contributed by atoms with E-state index in [0.29, 0.717) is 12.8 Å². The summed E-state index contributed by atoms with van der Waals surface area (Å²) in [4.78, 5) is 24.0. The van der Waals surface area contributed by atoms with Crippen molar-refractivity contribution >= 4 is 11.8 Å². The highest BCUT2D eigenvalue weighted by Crippen LogP contribution is 2.43. The van der Waals surface area contributed by atoms with Crippen LogP contribution in [0, 0.1) is 5.92 Å². The van der Waals surface area contributed by atoms with E-state index in [-0.39, 0.29) is 12.4 Å². The molecular formula is C17H31NO4. The summed E-state index contributed by atoms with van der Waals surface area (Å²) in [5, 5.41) is 11.4. The Morgan fingerprint density at radius 3 is 2.32 bits per heavy atom. The number of carbonyl (C=O) groups is 2. The number of hydroxylamine groups is 2. The highest BCUT2D eigenvalue weighted by Gasteiger charge is 2.54. The third-order valence-electron chi connectivity index (χ3n) is 4.64. The van der Waals surface area contributed by atoms with Crippen LogP contribution in [0.3, 0.4) is 0 Å². The first-order chi connectivity index (χ1) is 10.1. The van der Waals surface area contributed by atoms with E-state index < -0.39 is 23.0 Å². The van der Waals surface area contributed by atoms with Gasteiger partial charge in [0.2, 0.25) is 0 Å². The van der Waals surface area contributed by atoms with E-state index in [1.54, 1.807) is 0 Å². The minimum Gasteiger partial charge on any atom is -0.457 e. The fourth-order valence-electron chi connectivity index (χ4n) is 3.21. The Balaban J connectivity index is 2.44. The minimum absolute atomic E-state index is 0.0274. The maximum atomic E-state index is 12.3. The van der Waals surface area contributed by atoms with Gasteiger partial charge in [-0.3, -0.25) is 9.59 Å².